The average Bonchev–Trinajstić information content (AvgIpc) is 3.09. The standard InChI is InChI=1S/C23H25ClN4OS/c1-30(2,3)15-14-29-16-28-20-10-5-4-9-19(20)27-23(28)21-17(11-13-26-22(21)24)18-8-6-7-12-25-18/h4-13H,14-16H2,1-3H3. The lowest BCUT2D eigenvalue weighted by atomic mass is 10.1. The quantitative estimate of drug-likeness (QED) is 0.282. The van der Waals surface area contributed by atoms with Crippen LogP contribution in [0.5, 0.6) is 0 Å². The van der Waals surface area contributed by atoms with Gasteiger partial charge in [-0.3, -0.25) is 9.55 Å². The molecule has 4 rings (SSSR count). The number of hydrogen-bond acceptors (Lipinski definition) is 4. The molecule has 0 saturated carbocycles. The number of ether oxygens (including phenoxy) is 1. The van der Waals surface area contributed by atoms with Crippen LogP contribution in [0.15, 0.2) is 60.9 Å². The summed E-state index contributed by atoms with van der Waals surface area (Å²) in [4.78, 5) is 13.7. The van der Waals surface area contributed by atoms with Gasteiger partial charge in [0.1, 0.15) is 17.7 Å². The second kappa shape index (κ2) is 8.76. The molecule has 3 aromatic heterocycles. The molecule has 7 heteroatoms. The van der Waals surface area contributed by atoms with Gasteiger partial charge >= 0.3 is 0 Å². The smallest absolute Gasteiger partial charge is 0.146 e. The van der Waals surface area contributed by atoms with E-state index in [0.717, 1.165) is 39.4 Å². The number of benzene rings is 1. The van der Waals surface area contributed by atoms with Gasteiger partial charge in [-0.15, -0.1) is 0 Å². The second-order valence-corrected chi connectivity index (χ2v) is 12.9. The van der Waals surface area contributed by atoms with Gasteiger partial charge in [0, 0.05) is 23.7 Å². The molecule has 0 aliphatic rings. The van der Waals surface area contributed by atoms with Crippen LogP contribution in [-0.4, -0.2) is 50.6 Å². The van der Waals surface area contributed by atoms with Crippen molar-refractivity contribution in [1.82, 2.24) is 19.5 Å². The summed E-state index contributed by atoms with van der Waals surface area (Å²) < 4.78 is 8.15. The molecule has 4 aromatic rings. The zero-order valence-corrected chi connectivity index (χ0v) is 19.0. The van der Waals surface area contributed by atoms with Crippen LogP contribution in [0.3, 0.4) is 0 Å². The summed E-state index contributed by atoms with van der Waals surface area (Å²) in [5, 5.41) is 0.397. The molecule has 0 atom stereocenters. The maximum atomic E-state index is 6.60. The van der Waals surface area contributed by atoms with Crippen LogP contribution in [0.1, 0.15) is 0 Å². The lowest BCUT2D eigenvalue weighted by molar-refractivity contribution is 0.0934. The normalized spacial score (nSPS) is 12.4. The van der Waals surface area contributed by atoms with Gasteiger partial charge in [0.25, 0.3) is 0 Å². The van der Waals surface area contributed by atoms with Crippen LogP contribution in [0, 0.1) is 0 Å². The molecule has 0 saturated heterocycles. The van der Waals surface area contributed by atoms with E-state index in [-0.39, 0.29) is 0 Å². The molecule has 1 aromatic carbocycles. The van der Waals surface area contributed by atoms with Crippen LogP contribution < -0.4 is 0 Å². The Morgan fingerprint density at radius 2 is 1.77 bits per heavy atom. The molecule has 3 heterocycles. The summed E-state index contributed by atoms with van der Waals surface area (Å²) in [7, 11) is -0.609. The minimum Gasteiger partial charge on any atom is -0.360 e. The molecule has 30 heavy (non-hydrogen) atoms. The molecule has 0 N–H and O–H groups in total. The van der Waals surface area contributed by atoms with E-state index >= 15 is 0 Å². The molecule has 0 aliphatic carbocycles. The number of aromatic nitrogens is 4. The third-order valence-electron chi connectivity index (χ3n) is 4.78. The molecule has 0 bridgehead atoms. The van der Waals surface area contributed by atoms with Crippen LogP contribution >= 0.6 is 21.6 Å². The Morgan fingerprint density at radius 1 is 0.967 bits per heavy atom. The van der Waals surface area contributed by atoms with E-state index < -0.39 is 10.0 Å². The van der Waals surface area contributed by atoms with Gasteiger partial charge in [0.05, 0.1) is 28.9 Å². The average molecular weight is 441 g/mol. The first-order valence-corrected chi connectivity index (χ1v) is 13.1. The van der Waals surface area contributed by atoms with Gasteiger partial charge < -0.3 is 4.74 Å². The lowest BCUT2D eigenvalue weighted by Gasteiger charge is -2.24. The van der Waals surface area contributed by atoms with Gasteiger partial charge in [-0.25, -0.2) is 20.0 Å². The number of fused-ring (bicyclic) bond motifs is 1. The predicted octanol–water partition coefficient (Wildman–Crippen LogP) is 5.48. The van der Waals surface area contributed by atoms with Crippen molar-refractivity contribution in [3.05, 3.63) is 66.1 Å². The van der Waals surface area contributed by atoms with E-state index in [2.05, 4.69) is 39.4 Å². The van der Waals surface area contributed by atoms with Crippen LogP contribution in [0.2, 0.25) is 5.15 Å². The first-order chi connectivity index (χ1) is 14.4. The number of pyridine rings is 2. The third kappa shape index (κ3) is 4.51. The van der Waals surface area contributed by atoms with Crippen molar-refractivity contribution in [2.24, 2.45) is 0 Å². The van der Waals surface area contributed by atoms with E-state index in [0.29, 0.717) is 18.5 Å². The van der Waals surface area contributed by atoms with E-state index in [1.807, 2.05) is 42.5 Å². The van der Waals surface area contributed by atoms with Crippen LogP contribution in [0.25, 0.3) is 33.7 Å². The van der Waals surface area contributed by atoms with Crippen molar-refractivity contribution in [1.29, 1.82) is 0 Å². The van der Waals surface area contributed by atoms with Gasteiger partial charge in [0.15, 0.2) is 0 Å². The Kier molecular flexibility index (Phi) is 6.09. The van der Waals surface area contributed by atoms with Crippen LogP contribution in [0.4, 0.5) is 0 Å². The van der Waals surface area contributed by atoms with Crippen molar-refractivity contribution in [2.75, 3.05) is 31.1 Å². The minimum absolute atomic E-state index is 0.397. The van der Waals surface area contributed by atoms with Crippen molar-refractivity contribution in [2.45, 2.75) is 6.73 Å². The maximum absolute atomic E-state index is 6.60. The number of rotatable bonds is 7. The Balaban J connectivity index is 1.80. The summed E-state index contributed by atoms with van der Waals surface area (Å²) in [6.45, 7) is 1.11. The summed E-state index contributed by atoms with van der Waals surface area (Å²) in [6, 6.07) is 15.8. The molecule has 5 nitrogen and oxygen atoms in total. The summed E-state index contributed by atoms with van der Waals surface area (Å²) in [5.41, 5.74) is 4.38. The Morgan fingerprint density at radius 3 is 2.53 bits per heavy atom. The summed E-state index contributed by atoms with van der Waals surface area (Å²) in [5.74, 6) is 1.79. The third-order valence-corrected chi connectivity index (χ3v) is 6.46. The molecule has 0 amide bonds. The Bertz CT molecular complexity index is 1160. The van der Waals surface area contributed by atoms with Crippen LogP contribution in [-0.2, 0) is 11.5 Å². The highest BCUT2D eigenvalue weighted by atomic mass is 35.5. The van der Waals surface area contributed by atoms with Crippen molar-refractivity contribution >= 4 is 32.7 Å². The van der Waals surface area contributed by atoms with Gasteiger partial charge in [0.2, 0.25) is 0 Å². The lowest BCUT2D eigenvalue weighted by Crippen LogP contribution is -2.11. The number of hydrogen-bond donors (Lipinski definition) is 0. The Labute approximate surface area is 183 Å². The molecule has 0 aliphatic heterocycles. The zero-order chi connectivity index (χ0) is 21.1. The number of nitrogens with zero attached hydrogens (tertiary/aromatic N) is 4. The monoisotopic (exact) mass is 440 g/mol. The molecule has 0 spiro atoms. The second-order valence-electron chi connectivity index (χ2n) is 7.92. The maximum Gasteiger partial charge on any atom is 0.146 e. The summed E-state index contributed by atoms with van der Waals surface area (Å²) >= 11 is 6.60. The minimum atomic E-state index is -0.609. The van der Waals surface area contributed by atoms with Crippen molar-refractivity contribution < 1.29 is 4.74 Å². The molecule has 0 fully saturated rings. The predicted molar refractivity (Wildman–Crippen MR) is 127 cm³/mol. The largest absolute Gasteiger partial charge is 0.360 e. The zero-order valence-electron chi connectivity index (χ0n) is 17.4. The molecule has 0 radical (unpaired) electrons. The molecular formula is C23H25ClN4OS. The molecule has 156 valence electrons. The number of imidazole rings is 1. The van der Waals surface area contributed by atoms with Gasteiger partial charge in [-0.05, 0) is 49.1 Å². The van der Waals surface area contributed by atoms with E-state index in [1.165, 1.54) is 0 Å². The van der Waals surface area contributed by atoms with Gasteiger partial charge in [-0.2, -0.15) is 0 Å². The van der Waals surface area contributed by atoms with E-state index in [1.54, 1.807) is 12.4 Å². The van der Waals surface area contributed by atoms with Crippen molar-refractivity contribution in [3.8, 4) is 22.6 Å². The van der Waals surface area contributed by atoms with Crippen molar-refractivity contribution in [3.63, 3.8) is 0 Å². The summed E-state index contributed by atoms with van der Waals surface area (Å²) in [6.07, 6.45) is 10.4. The van der Waals surface area contributed by atoms with E-state index in [4.69, 9.17) is 21.3 Å². The number of para-hydroxylation sites is 2. The van der Waals surface area contributed by atoms with Gasteiger partial charge in [-0.1, -0.05) is 29.8 Å². The first kappa shape index (κ1) is 20.8. The Hall–Kier alpha value is -2.41. The fraction of sp³-hybridized carbons (Fsp3) is 0.261. The van der Waals surface area contributed by atoms with E-state index in [9.17, 15) is 0 Å². The SMILES string of the molecule is CS(C)(C)CCOCn1c(-c2c(-c3ccccn3)ccnc2Cl)nc2ccccc21. The fourth-order valence-corrected chi connectivity index (χ4v) is 4.11. The highest BCUT2D eigenvalue weighted by Gasteiger charge is 2.20. The molecular weight excluding hydrogens is 416 g/mol. The first-order valence-electron chi connectivity index (χ1n) is 9.69. The topological polar surface area (TPSA) is 52.8 Å². The molecule has 0 unspecified atom stereocenters. The fourth-order valence-electron chi connectivity index (χ4n) is 3.25. The highest BCUT2D eigenvalue weighted by Crippen LogP contribution is 2.37. The highest BCUT2D eigenvalue weighted by molar-refractivity contribution is 8.32. The number of halogens is 1.